The fourth-order valence-corrected chi connectivity index (χ4v) is 3.68. The van der Waals surface area contributed by atoms with Crippen LogP contribution in [0.3, 0.4) is 0 Å². The number of halogens is 1. The van der Waals surface area contributed by atoms with Gasteiger partial charge in [-0.1, -0.05) is 18.2 Å². The highest BCUT2D eigenvalue weighted by molar-refractivity contribution is 5.93. The Morgan fingerprint density at radius 1 is 1.25 bits per heavy atom. The lowest BCUT2D eigenvalue weighted by Crippen LogP contribution is -2.47. The topological polar surface area (TPSA) is 72.1 Å². The van der Waals surface area contributed by atoms with Gasteiger partial charge in [0.25, 0.3) is 5.91 Å². The van der Waals surface area contributed by atoms with Crippen LogP contribution in [0.25, 0.3) is 0 Å². The second-order valence-corrected chi connectivity index (χ2v) is 7.42. The maximum atomic E-state index is 13.9. The molecule has 0 N–H and O–H groups in total. The molecular weight excluding hydrogens is 359 g/mol. The first-order valence-corrected chi connectivity index (χ1v) is 9.28. The smallest absolute Gasteiger partial charge is 0.257 e. The van der Waals surface area contributed by atoms with Gasteiger partial charge in [-0.15, -0.1) is 0 Å². The maximum Gasteiger partial charge on any atom is 0.257 e. The highest BCUT2D eigenvalue weighted by Gasteiger charge is 2.38. The minimum atomic E-state index is -0.392. The third-order valence-corrected chi connectivity index (χ3v) is 5.18. The number of hydrogen-bond donors (Lipinski definition) is 0. The average molecular weight is 380 g/mol. The first kappa shape index (κ1) is 18.3. The molecule has 3 aromatic rings. The van der Waals surface area contributed by atoms with Crippen LogP contribution in [-0.2, 0) is 11.8 Å². The Hall–Kier alpha value is -3.09. The molecule has 1 amide bonds. The van der Waals surface area contributed by atoms with E-state index < -0.39 is 5.41 Å². The number of oxazole rings is 1. The molecule has 6 nitrogen and oxygen atoms in total. The molecule has 0 aliphatic carbocycles. The lowest BCUT2D eigenvalue weighted by atomic mass is 9.81. The van der Waals surface area contributed by atoms with Crippen LogP contribution in [0.4, 0.5) is 4.39 Å². The van der Waals surface area contributed by atoms with Crippen molar-refractivity contribution in [2.75, 3.05) is 13.1 Å². The summed E-state index contributed by atoms with van der Waals surface area (Å²) in [7, 11) is 0. The number of nitrogens with zero attached hydrogens (tertiary/aromatic N) is 4. The van der Waals surface area contributed by atoms with Crippen molar-refractivity contribution in [3.63, 3.8) is 0 Å². The number of carbonyl (C=O) groups excluding carboxylic acids is 1. The van der Waals surface area contributed by atoms with E-state index in [0.717, 1.165) is 12.8 Å². The highest BCUT2D eigenvalue weighted by Crippen LogP contribution is 2.34. The summed E-state index contributed by atoms with van der Waals surface area (Å²) < 4.78 is 19.9. The molecule has 1 aromatic carbocycles. The monoisotopic (exact) mass is 380 g/mol. The van der Waals surface area contributed by atoms with E-state index in [-0.39, 0.29) is 11.7 Å². The van der Waals surface area contributed by atoms with Crippen LogP contribution in [-0.4, -0.2) is 38.8 Å². The number of likely N-dealkylation sites (tertiary alicyclic amines) is 1. The van der Waals surface area contributed by atoms with E-state index in [9.17, 15) is 9.18 Å². The van der Waals surface area contributed by atoms with E-state index in [2.05, 4.69) is 15.0 Å². The molecule has 0 saturated carbocycles. The van der Waals surface area contributed by atoms with E-state index in [1.165, 1.54) is 24.8 Å². The van der Waals surface area contributed by atoms with Gasteiger partial charge in [0.05, 0.1) is 17.2 Å². The molecule has 2 aromatic heterocycles. The SMILES string of the molecule is CC1(c2ncc(Cc3ccccc3F)o2)CCCN(C(=O)c2cncnc2)C1. The molecule has 1 fully saturated rings. The van der Waals surface area contributed by atoms with Crippen LogP contribution >= 0.6 is 0 Å². The summed E-state index contributed by atoms with van der Waals surface area (Å²) in [4.78, 5) is 26.9. The van der Waals surface area contributed by atoms with Crippen LogP contribution in [0.15, 0.2) is 53.6 Å². The minimum Gasteiger partial charge on any atom is -0.445 e. The van der Waals surface area contributed by atoms with Gasteiger partial charge in [0, 0.05) is 31.9 Å². The van der Waals surface area contributed by atoms with Gasteiger partial charge in [-0.2, -0.15) is 0 Å². The Kier molecular flexibility index (Phi) is 4.90. The Morgan fingerprint density at radius 3 is 2.82 bits per heavy atom. The van der Waals surface area contributed by atoms with E-state index >= 15 is 0 Å². The number of piperidine rings is 1. The zero-order valence-electron chi connectivity index (χ0n) is 15.6. The van der Waals surface area contributed by atoms with Gasteiger partial charge in [0.15, 0.2) is 0 Å². The van der Waals surface area contributed by atoms with Gasteiger partial charge in [-0.05, 0) is 31.4 Å². The normalized spacial score (nSPS) is 19.6. The summed E-state index contributed by atoms with van der Waals surface area (Å²) in [6.07, 6.45) is 8.17. The largest absolute Gasteiger partial charge is 0.445 e. The fourth-order valence-electron chi connectivity index (χ4n) is 3.68. The van der Waals surface area contributed by atoms with Gasteiger partial charge < -0.3 is 9.32 Å². The number of rotatable bonds is 4. The molecule has 3 heterocycles. The minimum absolute atomic E-state index is 0.0929. The molecule has 0 spiro atoms. The third kappa shape index (κ3) is 3.65. The zero-order chi connectivity index (χ0) is 19.6. The van der Waals surface area contributed by atoms with Gasteiger partial charge in [-0.25, -0.2) is 19.3 Å². The Bertz CT molecular complexity index is 975. The van der Waals surface area contributed by atoms with Crippen molar-refractivity contribution >= 4 is 5.91 Å². The maximum absolute atomic E-state index is 13.9. The van der Waals surface area contributed by atoms with E-state index in [4.69, 9.17) is 4.42 Å². The van der Waals surface area contributed by atoms with E-state index in [1.807, 2.05) is 6.92 Å². The van der Waals surface area contributed by atoms with Crippen molar-refractivity contribution < 1.29 is 13.6 Å². The summed E-state index contributed by atoms with van der Waals surface area (Å²) in [6.45, 7) is 3.22. The summed E-state index contributed by atoms with van der Waals surface area (Å²) in [5.74, 6) is 0.845. The molecule has 1 aliphatic rings. The Morgan fingerprint density at radius 2 is 2.04 bits per heavy atom. The summed E-state index contributed by atoms with van der Waals surface area (Å²) in [5.41, 5.74) is 0.649. The first-order chi connectivity index (χ1) is 13.5. The van der Waals surface area contributed by atoms with Crippen LogP contribution in [0.5, 0.6) is 0 Å². The lowest BCUT2D eigenvalue weighted by molar-refractivity contribution is 0.0625. The van der Waals surface area contributed by atoms with Gasteiger partial charge in [0.2, 0.25) is 5.89 Å². The number of hydrogen-bond acceptors (Lipinski definition) is 5. The van der Waals surface area contributed by atoms with Crippen LogP contribution in [0.1, 0.15) is 47.3 Å². The van der Waals surface area contributed by atoms with Crippen LogP contribution in [0.2, 0.25) is 0 Å². The summed E-state index contributed by atoms with van der Waals surface area (Å²) in [6, 6.07) is 6.64. The number of benzene rings is 1. The van der Waals surface area contributed by atoms with E-state index in [1.54, 1.807) is 29.3 Å². The molecular formula is C21H21FN4O2. The molecule has 4 rings (SSSR count). The summed E-state index contributed by atoms with van der Waals surface area (Å²) >= 11 is 0. The van der Waals surface area contributed by atoms with Gasteiger partial charge >= 0.3 is 0 Å². The molecule has 144 valence electrons. The molecule has 1 atom stereocenters. The van der Waals surface area contributed by atoms with Crippen molar-refractivity contribution in [2.45, 2.75) is 31.6 Å². The van der Waals surface area contributed by atoms with Crippen molar-refractivity contribution in [1.29, 1.82) is 0 Å². The Labute approximate surface area is 162 Å². The number of aromatic nitrogens is 3. The Balaban J connectivity index is 1.51. The fraction of sp³-hybridized carbons (Fsp3) is 0.333. The highest BCUT2D eigenvalue weighted by atomic mass is 19.1. The standard InChI is InChI=1S/C21H21FN4O2/c1-21(7-4-8-26(13-21)19(27)16-10-23-14-24-11-16)20-25-12-17(28-20)9-15-5-2-3-6-18(15)22/h2-3,5-6,10-12,14H,4,7-9,13H2,1H3. The molecule has 7 heteroatoms. The molecule has 1 aliphatic heterocycles. The van der Waals surface area contributed by atoms with Gasteiger partial charge in [0.1, 0.15) is 17.9 Å². The predicted octanol–water partition coefficient (Wildman–Crippen LogP) is 3.39. The second-order valence-electron chi connectivity index (χ2n) is 7.42. The van der Waals surface area contributed by atoms with Crippen LogP contribution < -0.4 is 0 Å². The molecule has 0 radical (unpaired) electrons. The number of carbonyl (C=O) groups is 1. The summed E-state index contributed by atoms with van der Waals surface area (Å²) in [5, 5.41) is 0. The number of amides is 1. The quantitative estimate of drug-likeness (QED) is 0.694. The zero-order valence-corrected chi connectivity index (χ0v) is 15.6. The third-order valence-electron chi connectivity index (χ3n) is 5.18. The van der Waals surface area contributed by atoms with Crippen molar-refractivity contribution in [3.05, 3.63) is 77.8 Å². The van der Waals surface area contributed by atoms with Gasteiger partial charge in [-0.3, -0.25) is 4.79 Å². The molecule has 1 saturated heterocycles. The van der Waals surface area contributed by atoms with E-state index in [0.29, 0.717) is 42.3 Å². The second kappa shape index (κ2) is 7.50. The average Bonchev–Trinajstić information content (AvgIpc) is 3.19. The first-order valence-electron chi connectivity index (χ1n) is 9.28. The molecule has 1 unspecified atom stereocenters. The molecule has 28 heavy (non-hydrogen) atoms. The van der Waals surface area contributed by atoms with Crippen LogP contribution in [0, 0.1) is 5.82 Å². The molecule has 0 bridgehead atoms. The van der Waals surface area contributed by atoms with Crippen molar-refractivity contribution in [2.24, 2.45) is 0 Å². The van der Waals surface area contributed by atoms with Crippen molar-refractivity contribution in [3.8, 4) is 0 Å². The lowest BCUT2D eigenvalue weighted by Gasteiger charge is -2.38. The van der Waals surface area contributed by atoms with Crippen molar-refractivity contribution in [1.82, 2.24) is 19.9 Å². The predicted molar refractivity (Wildman–Crippen MR) is 100 cm³/mol.